The molecule has 7 aromatic carbocycles. The molecule has 0 saturated carbocycles. The Morgan fingerprint density at radius 3 is 2.28 bits per heavy atom. The van der Waals surface area contributed by atoms with E-state index >= 15 is 0 Å². The van der Waals surface area contributed by atoms with Crippen molar-refractivity contribution >= 4 is 76.6 Å². The fourth-order valence-corrected chi connectivity index (χ4v) is 8.82. The predicted octanol–water partition coefficient (Wildman–Crippen LogP) is 13.1. The van der Waals surface area contributed by atoms with Gasteiger partial charge in [-0.25, -0.2) is 9.97 Å². The summed E-state index contributed by atoms with van der Waals surface area (Å²) in [6, 6.07) is 49.7. The standard InChI is InChI=1S/C50H28F3N5O.Pt/c1-28-24-38(46-43(25-28)57(31-10-3-2-4-11-31)48(56-46)37-15-9-14-35-32-12-5-7-16-40(32)55-45(35)37)29-18-20-33-39-27-30(50(51,52)53)19-21-41(39)58(42(33)26-29)49-47-36(22-23-54-49)34-13-6-8-17-44(34)59-47;/h2-25,27H,1H3;/q-2;+2. The zero-order chi connectivity index (χ0) is 39.6. The third kappa shape index (κ3) is 5.32. The topological polar surface area (TPSA) is 62.9 Å². The number of fused-ring (bicyclic) bond motifs is 10. The second-order valence-electron chi connectivity index (χ2n) is 14.9. The molecule has 0 atom stereocenters. The molecule has 0 unspecified atom stereocenters. The van der Waals surface area contributed by atoms with E-state index in [0.29, 0.717) is 38.8 Å². The molecule has 12 rings (SSSR count). The van der Waals surface area contributed by atoms with Crippen LogP contribution in [0.3, 0.4) is 0 Å². The molecule has 0 spiro atoms. The maximum absolute atomic E-state index is 14.2. The van der Waals surface area contributed by atoms with Crippen LogP contribution in [0.25, 0.3) is 111 Å². The van der Waals surface area contributed by atoms with Crippen molar-refractivity contribution < 1.29 is 38.7 Å². The van der Waals surface area contributed by atoms with E-state index in [9.17, 15) is 13.2 Å². The number of pyridine rings is 1. The van der Waals surface area contributed by atoms with Gasteiger partial charge in [-0.2, -0.15) is 13.2 Å². The summed E-state index contributed by atoms with van der Waals surface area (Å²) in [6.07, 6.45) is -2.82. The van der Waals surface area contributed by atoms with Gasteiger partial charge in [0.15, 0.2) is 11.4 Å². The maximum Gasteiger partial charge on any atom is 2.00 e. The third-order valence-corrected chi connectivity index (χ3v) is 11.4. The van der Waals surface area contributed by atoms with E-state index in [-0.39, 0.29) is 21.1 Å². The average molecular weight is 967 g/mol. The van der Waals surface area contributed by atoms with Crippen molar-refractivity contribution in [3.63, 3.8) is 0 Å². The van der Waals surface area contributed by atoms with Crippen molar-refractivity contribution in [2.24, 2.45) is 0 Å². The van der Waals surface area contributed by atoms with Crippen molar-refractivity contribution in [1.29, 1.82) is 0 Å². The number of benzene rings is 7. The Labute approximate surface area is 353 Å². The number of hydrogen-bond acceptors (Lipinski definition) is 3. The van der Waals surface area contributed by atoms with Crippen LogP contribution < -0.4 is 4.98 Å². The number of aromatic nitrogens is 5. The predicted molar refractivity (Wildman–Crippen MR) is 228 cm³/mol. The van der Waals surface area contributed by atoms with Gasteiger partial charge in [-0.15, -0.1) is 34.8 Å². The molecule has 60 heavy (non-hydrogen) atoms. The van der Waals surface area contributed by atoms with Crippen LogP contribution in [0, 0.1) is 13.0 Å². The molecule has 0 aliphatic rings. The van der Waals surface area contributed by atoms with Crippen LogP contribution in [0.1, 0.15) is 11.1 Å². The number of aryl methyl sites for hydroxylation is 1. The third-order valence-electron chi connectivity index (χ3n) is 11.4. The molecule has 10 heteroatoms. The van der Waals surface area contributed by atoms with Crippen molar-refractivity contribution in [3.05, 3.63) is 169 Å². The minimum Gasteiger partial charge on any atom is -0.656 e. The molecule has 0 bridgehead atoms. The second-order valence-corrected chi connectivity index (χ2v) is 14.9. The van der Waals surface area contributed by atoms with Gasteiger partial charge in [0.1, 0.15) is 11.4 Å². The smallest absolute Gasteiger partial charge is 0.656 e. The molecule has 5 aromatic heterocycles. The number of rotatable bonds is 4. The van der Waals surface area contributed by atoms with E-state index in [1.165, 1.54) is 12.1 Å². The number of furan rings is 1. The fraction of sp³-hybridized carbons (Fsp3) is 0.0400. The van der Waals surface area contributed by atoms with Crippen LogP contribution in [-0.4, -0.2) is 19.1 Å². The summed E-state index contributed by atoms with van der Waals surface area (Å²) in [5.41, 5.74) is 9.42. The molecule has 5 heterocycles. The van der Waals surface area contributed by atoms with Crippen molar-refractivity contribution in [2.75, 3.05) is 0 Å². The van der Waals surface area contributed by atoms with Gasteiger partial charge >= 0.3 is 27.2 Å². The van der Waals surface area contributed by atoms with Crippen LogP contribution in [0.15, 0.2) is 156 Å². The summed E-state index contributed by atoms with van der Waals surface area (Å²) < 4.78 is 53.1. The van der Waals surface area contributed by atoms with E-state index in [1.807, 2.05) is 89.5 Å². The molecule has 0 aliphatic heterocycles. The zero-order valence-electron chi connectivity index (χ0n) is 31.5. The van der Waals surface area contributed by atoms with Crippen LogP contribution in [0.2, 0.25) is 0 Å². The first kappa shape index (κ1) is 36.1. The van der Waals surface area contributed by atoms with E-state index in [1.54, 1.807) is 6.20 Å². The molecule has 0 aliphatic carbocycles. The Morgan fingerprint density at radius 2 is 1.43 bits per heavy atom. The number of nitrogens with zero attached hydrogens (tertiary/aromatic N) is 5. The number of halogens is 3. The first-order valence-electron chi connectivity index (χ1n) is 19.2. The summed E-state index contributed by atoms with van der Waals surface area (Å²) in [7, 11) is 0. The van der Waals surface area contributed by atoms with Crippen LogP contribution in [0.5, 0.6) is 0 Å². The minimum absolute atomic E-state index is 0. The van der Waals surface area contributed by atoms with Crippen LogP contribution >= 0.6 is 0 Å². The second kappa shape index (κ2) is 13.3. The summed E-state index contributed by atoms with van der Waals surface area (Å²) in [6.45, 7) is 2.05. The summed E-state index contributed by atoms with van der Waals surface area (Å²) in [4.78, 5) is 15.4. The SMILES string of the molecule is Cc1cc(-c2[c-]c3c(cc2)c2cc(C(F)(F)F)ccc2n3-c2nccc3c2oc2ccccc23)c2nc(-c3cccc4c3[n-]c3ccccc34)n(-c3ccccc3)c2c1.[Pt+2]. The number of alkyl halides is 3. The van der Waals surface area contributed by atoms with E-state index in [4.69, 9.17) is 19.4 Å². The Bertz CT molecular complexity index is 3690. The van der Waals surface area contributed by atoms with E-state index in [0.717, 1.165) is 83.4 Å². The molecule has 0 radical (unpaired) electrons. The van der Waals surface area contributed by atoms with Gasteiger partial charge in [-0.1, -0.05) is 101 Å². The van der Waals surface area contributed by atoms with Crippen molar-refractivity contribution in [2.45, 2.75) is 13.1 Å². The quantitative estimate of drug-likeness (QED) is 0.165. The fourth-order valence-electron chi connectivity index (χ4n) is 8.82. The Hall–Kier alpha value is -6.96. The monoisotopic (exact) mass is 966 g/mol. The average Bonchev–Trinajstić information content (AvgIpc) is 4.02. The number of imidazole rings is 1. The Kier molecular flexibility index (Phi) is 8.00. The number of para-hydroxylation sites is 4. The van der Waals surface area contributed by atoms with Gasteiger partial charge < -0.3 is 14.0 Å². The molecule has 0 amide bonds. The molecular weight excluding hydrogens is 939 g/mol. The maximum atomic E-state index is 14.2. The van der Waals surface area contributed by atoms with Crippen molar-refractivity contribution in [1.82, 2.24) is 24.1 Å². The largest absolute Gasteiger partial charge is 2.00 e. The van der Waals surface area contributed by atoms with E-state index < -0.39 is 11.7 Å². The van der Waals surface area contributed by atoms with Gasteiger partial charge in [0, 0.05) is 33.7 Å². The molecule has 0 fully saturated rings. The molecule has 290 valence electrons. The molecule has 0 N–H and O–H groups in total. The molecular formula is C50H28F3N5OPt. The van der Waals surface area contributed by atoms with Gasteiger partial charge in [-0.05, 0) is 77.1 Å². The summed E-state index contributed by atoms with van der Waals surface area (Å²) in [5.74, 6) is 1.20. The van der Waals surface area contributed by atoms with Gasteiger partial charge in [0.25, 0.3) is 0 Å². The zero-order valence-corrected chi connectivity index (χ0v) is 33.8. The van der Waals surface area contributed by atoms with E-state index in [2.05, 4.69) is 60.0 Å². The summed E-state index contributed by atoms with van der Waals surface area (Å²) >= 11 is 0. The molecule has 0 saturated heterocycles. The van der Waals surface area contributed by atoms with Crippen LogP contribution in [0.4, 0.5) is 13.2 Å². The number of hydrogen-bond donors (Lipinski definition) is 0. The van der Waals surface area contributed by atoms with Gasteiger partial charge in [-0.3, -0.25) is 4.57 Å². The normalized spacial score (nSPS) is 12.2. The first-order chi connectivity index (χ1) is 28.8. The Morgan fingerprint density at radius 1 is 0.650 bits per heavy atom. The summed E-state index contributed by atoms with van der Waals surface area (Å²) in [5, 5.41) is 4.94. The Balaban J connectivity index is 0.00000408. The van der Waals surface area contributed by atoms with Crippen molar-refractivity contribution in [3.8, 4) is 34.0 Å². The van der Waals surface area contributed by atoms with Gasteiger partial charge in [0.2, 0.25) is 0 Å². The van der Waals surface area contributed by atoms with Crippen LogP contribution in [-0.2, 0) is 27.2 Å². The first-order valence-corrected chi connectivity index (χ1v) is 19.2. The molecule has 6 nitrogen and oxygen atoms in total. The minimum atomic E-state index is -4.53. The molecule has 12 aromatic rings. The van der Waals surface area contributed by atoms with Gasteiger partial charge in [0.05, 0.1) is 16.6 Å².